The summed E-state index contributed by atoms with van der Waals surface area (Å²) in [5.74, 6) is 0.450. The molecule has 0 unspecified atom stereocenters. The predicted octanol–water partition coefficient (Wildman–Crippen LogP) is 1.31. The van der Waals surface area contributed by atoms with Crippen molar-refractivity contribution in [2.24, 2.45) is 0 Å². The van der Waals surface area contributed by atoms with E-state index in [0.29, 0.717) is 5.95 Å². The van der Waals surface area contributed by atoms with Gasteiger partial charge in [-0.1, -0.05) is 12.1 Å². The summed E-state index contributed by atoms with van der Waals surface area (Å²) in [4.78, 5) is 18.1. The number of carbonyl (C=O) groups is 1. The number of nitrogens with zero attached hydrogens (tertiary/aromatic N) is 1. The number of benzene rings is 1. The van der Waals surface area contributed by atoms with Gasteiger partial charge in [-0.2, -0.15) is 0 Å². The summed E-state index contributed by atoms with van der Waals surface area (Å²) in [5.41, 5.74) is 1.73. The Hall–Kier alpha value is -2.04. The molecule has 0 aliphatic rings. The summed E-state index contributed by atoms with van der Waals surface area (Å²) in [6.45, 7) is 0. The van der Waals surface area contributed by atoms with Gasteiger partial charge in [0.05, 0.1) is 11.0 Å². The minimum atomic E-state index is -0.288. The van der Waals surface area contributed by atoms with Crippen LogP contribution >= 0.6 is 0 Å². The van der Waals surface area contributed by atoms with E-state index in [-0.39, 0.29) is 6.03 Å². The molecule has 0 aliphatic carbocycles. The summed E-state index contributed by atoms with van der Waals surface area (Å²) in [5, 5.41) is 5.01. The second-order valence-corrected chi connectivity index (χ2v) is 2.81. The molecule has 2 rings (SSSR count). The van der Waals surface area contributed by atoms with Gasteiger partial charge in [0.2, 0.25) is 5.95 Å². The molecule has 2 aromatic rings. The number of carbonyl (C=O) groups excluding carboxylic acids is 1. The van der Waals surface area contributed by atoms with E-state index in [2.05, 4.69) is 20.6 Å². The number of rotatable bonds is 1. The van der Waals surface area contributed by atoms with Gasteiger partial charge in [0, 0.05) is 7.05 Å². The Morgan fingerprint density at radius 1 is 1.43 bits per heavy atom. The first-order chi connectivity index (χ1) is 6.79. The van der Waals surface area contributed by atoms with E-state index in [1.165, 1.54) is 0 Å². The third-order valence-electron chi connectivity index (χ3n) is 1.85. The number of nitrogens with one attached hydrogen (secondary N) is 3. The van der Waals surface area contributed by atoms with Crippen molar-refractivity contribution in [3.05, 3.63) is 24.3 Å². The molecule has 3 N–H and O–H groups in total. The van der Waals surface area contributed by atoms with E-state index in [1.807, 2.05) is 24.3 Å². The fraction of sp³-hybridized carbons (Fsp3) is 0.111. The first kappa shape index (κ1) is 8.55. The SMILES string of the molecule is CNC(=O)Nc1nc2ccccc2[nH]1. The fourth-order valence-electron chi connectivity index (χ4n) is 1.18. The topological polar surface area (TPSA) is 69.8 Å². The monoisotopic (exact) mass is 190 g/mol. The number of para-hydroxylation sites is 2. The van der Waals surface area contributed by atoms with Gasteiger partial charge in [-0.15, -0.1) is 0 Å². The number of hydrogen-bond donors (Lipinski definition) is 3. The molecule has 0 fully saturated rings. The van der Waals surface area contributed by atoms with Crippen LogP contribution in [0.25, 0.3) is 11.0 Å². The second kappa shape index (κ2) is 3.37. The molecule has 72 valence electrons. The number of aromatic nitrogens is 2. The Kier molecular flexibility index (Phi) is 2.06. The van der Waals surface area contributed by atoms with Crippen LogP contribution in [0, 0.1) is 0 Å². The lowest BCUT2D eigenvalue weighted by Crippen LogP contribution is -2.24. The maximum absolute atomic E-state index is 11.0. The van der Waals surface area contributed by atoms with E-state index < -0.39 is 0 Å². The van der Waals surface area contributed by atoms with Crippen molar-refractivity contribution in [1.29, 1.82) is 0 Å². The van der Waals surface area contributed by atoms with Crippen LogP contribution in [0.5, 0.6) is 0 Å². The third kappa shape index (κ3) is 1.52. The zero-order valence-corrected chi connectivity index (χ0v) is 7.66. The molecule has 5 heteroatoms. The number of hydrogen-bond acceptors (Lipinski definition) is 2. The Labute approximate surface area is 80.5 Å². The number of fused-ring (bicyclic) bond motifs is 1. The van der Waals surface area contributed by atoms with Crippen LogP contribution in [0.3, 0.4) is 0 Å². The highest BCUT2D eigenvalue weighted by atomic mass is 16.2. The number of aromatic amines is 1. The lowest BCUT2D eigenvalue weighted by Gasteiger charge is -1.97. The summed E-state index contributed by atoms with van der Waals surface area (Å²) in [6.07, 6.45) is 0. The van der Waals surface area contributed by atoms with Gasteiger partial charge in [-0.3, -0.25) is 5.32 Å². The average Bonchev–Trinajstić information content (AvgIpc) is 2.59. The summed E-state index contributed by atoms with van der Waals surface area (Å²) in [7, 11) is 1.55. The van der Waals surface area contributed by atoms with Crippen LogP contribution in [0.15, 0.2) is 24.3 Å². The minimum Gasteiger partial charge on any atom is -0.341 e. The smallest absolute Gasteiger partial charge is 0.321 e. The zero-order chi connectivity index (χ0) is 9.97. The molecular formula is C9H10N4O. The Morgan fingerprint density at radius 2 is 2.21 bits per heavy atom. The third-order valence-corrected chi connectivity index (χ3v) is 1.85. The molecule has 1 heterocycles. The first-order valence-electron chi connectivity index (χ1n) is 4.23. The van der Waals surface area contributed by atoms with E-state index in [9.17, 15) is 4.79 Å². The Balaban J connectivity index is 2.31. The van der Waals surface area contributed by atoms with Gasteiger partial charge >= 0.3 is 6.03 Å². The summed E-state index contributed by atoms with van der Waals surface area (Å²) in [6, 6.07) is 7.29. The lowest BCUT2D eigenvalue weighted by atomic mass is 10.3. The fourth-order valence-corrected chi connectivity index (χ4v) is 1.18. The highest BCUT2D eigenvalue weighted by molar-refractivity contribution is 5.89. The van der Waals surface area contributed by atoms with Crippen LogP contribution in [-0.4, -0.2) is 23.0 Å². The van der Waals surface area contributed by atoms with E-state index >= 15 is 0 Å². The highest BCUT2D eigenvalue weighted by Gasteiger charge is 2.03. The van der Waals surface area contributed by atoms with Crippen molar-refractivity contribution in [3.63, 3.8) is 0 Å². The first-order valence-corrected chi connectivity index (χ1v) is 4.23. The van der Waals surface area contributed by atoms with Crippen LogP contribution in [0.1, 0.15) is 0 Å². The maximum atomic E-state index is 11.0. The molecule has 0 atom stereocenters. The number of amides is 2. The van der Waals surface area contributed by atoms with Crippen molar-refractivity contribution in [2.75, 3.05) is 12.4 Å². The predicted molar refractivity (Wildman–Crippen MR) is 54.2 cm³/mol. The second-order valence-electron chi connectivity index (χ2n) is 2.81. The van der Waals surface area contributed by atoms with E-state index in [0.717, 1.165) is 11.0 Å². The zero-order valence-electron chi connectivity index (χ0n) is 7.66. The Bertz CT molecular complexity index is 430. The van der Waals surface area contributed by atoms with Crippen molar-refractivity contribution in [2.45, 2.75) is 0 Å². The highest BCUT2D eigenvalue weighted by Crippen LogP contribution is 2.12. The van der Waals surface area contributed by atoms with Gasteiger partial charge in [-0.05, 0) is 12.1 Å². The van der Waals surface area contributed by atoms with E-state index in [1.54, 1.807) is 7.05 Å². The standard InChI is InChI=1S/C9H10N4O/c1-10-9(14)13-8-11-6-4-2-3-5-7(6)12-8/h2-5H,1H3,(H3,10,11,12,13,14). The van der Waals surface area contributed by atoms with Crippen molar-refractivity contribution in [1.82, 2.24) is 15.3 Å². The van der Waals surface area contributed by atoms with E-state index in [4.69, 9.17) is 0 Å². The molecule has 5 nitrogen and oxygen atoms in total. The van der Waals surface area contributed by atoms with Gasteiger partial charge in [0.1, 0.15) is 0 Å². The minimum absolute atomic E-state index is 0.288. The molecule has 0 aliphatic heterocycles. The number of H-pyrrole nitrogens is 1. The summed E-state index contributed by atoms with van der Waals surface area (Å²) >= 11 is 0. The molecule has 0 spiro atoms. The molecular weight excluding hydrogens is 180 g/mol. The lowest BCUT2D eigenvalue weighted by molar-refractivity contribution is 0.254. The molecule has 2 amide bonds. The molecule has 0 radical (unpaired) electrons. The maximum Gasteiger partial charge on any atom is 0.321 e. The molecule has 1 aromatic heterocycles. The normalized spacial score (nSPS) is 10.1. The van der Waals surface area contributed by atoms with Crippen LogP contribution in [0.2, 0.25) is 0 Å². The average molecular weight is 190 g/mol. The largest absolute Gasteiger partial charge is 0.341 e. The van der Waals surface area contributed by atoms with Crippen molar-refractivity contribution in [3.8, 4) is 0 Å². The van der Waals surface area contributed by atoms with Gasteiger partial charge in [0.15, 0.2) is 0 Å². The molecule has 0 saturated carbocycles. The molecule has 0 saturated heterocycles. The van der Waals surface area contributed by atoms with Crippen molar-refractivity contribution >= 4 is 23.0 Å². The quantitative estimate of drug-likeness (QED) is 0.634. The number of imidazole rings is 1. The van der Waals surface area contributed by atoms with Crippen LogP contribution in [0.4, 0.5) is 10.7 Å². The number of urea groups is 1. The molecule has 0 bridgehead atoms. The van der Waals surface area contributed by atoms with Gasteiger partial charge in [0.25, 0.3) is 0 Å². The van der Waals surface area contributed by atoms with Crippen molar-refractivity contribution < 1.29 is 4.79 Å². The van der Waals surface area contributed by atoms with Gasteiger partial charge < -0.3 is 10.3 Å². The van der Waals surface area contributed by atoms with Gasteiger partial charge in [-0.25, -0.2) is 9.78 Å². The van der Waals surface area contributed by atoms with Crippen LogP contribution < -0.4 is 10.6 Å². The molecule has 14 heavy (non-hydrogen) atoms. The molecule has 1 aromatic carbocycles. The summed E-state index contributed by atoms with van der Waals surface area (Å²) < 4.78 is 0. The Morgan fingerprint density at radius 3 is 2.93 bits per heavy atom. The number of anilines is 1. The van der Waals surface area contributed by atoms with Crippen LogP contribution in [-0.2, 0) is 0 Å².